The van der Waals surface area contributed by atoms with Crippen molar-refractivity contribution in [3.63, 3.8) is 0 Å². The van der Waals surface area contributed by atoms with Gasteiger partial charge in [-0.05, 0) is 36.8 Å². The fraction of sp³-hybridized carbons (Fsp3) is 0.167. The third kappa shape index (κ3) is 3.10. The highest BCUT2D eigenvalue weighted by Gasteiger charge is 2.37. The van der Waals surface area contributed by atoms with E-state index >= 15 is 0 Å². The van der Waals surface area contributed by atoms with Crippen molar-refractivity contribution < 1.29 is 9.90 Å². The Labute approximate surface area is 162 Å². The SMILES string of the molecule is Cc1nnc2n1N[C@@H](c1ccc(O)cc1)[C@H](C(=O)c1ccc(Br)cc1)S2. The molecule has 0 unspecified atom stereocenters. The van der Waals surface area contributed by atoms with Crippen LogP contribution in [-0.4, -0.2) is 31.0 Å². The largest absolute Gasteiger partial charge is 0.508 e. The van der Waals surface area contributed by atoms with Crippen molar-refractivity contribution in [2.45, 2.75) is 23.4 Å². The molecule has 1 aliphatic heterocycles. The zero-order chi connectivity index (χ0) is 18.3. The van der Waals surface area contributed by atoms with Gasteiger partial charge in [-0.25, -0.2) is 4.68 Å². The highest BCUT2D eigenvalue weighted by molar-refractivity contribution is 9.10. The molecule has 6 nitrogen and oxygen atoms in total. The molecule has 2 aromatic carbocycles. The number of rotatable bonds is 3. The molecule has 0 spiro atoms. The number of halogens is 1. The van der Waals surface area contributed by atoms with E-state index in [2.05, 4.69) is 31.6 Å². The van der Waals surface area contributed by atoms with E-state index in [1.54, 1.807) is 16.8 Å². The highest BCUT2D eigenvalue weighted by Crippen LogP contribution is 2.39. The lowest BCUT2D eigenvalue weighted by atomic mass is 9.97. The van der Waals surface area contributed by atoms with Crippen LogP contribution in [0.2, 0.25) is 0 Å². The van der Waals surface area contributed by atoms with Crippen molar-refractivity contribution in [2.24, 2.45) is 0 Å². The van der Waals surface area contributed by atoms with Crippen LogP contribution in [-0.2, 0) is 0 Å². The Kier molecular flexibility index (Phi) is 4.46. The first-order chi connectivity index (χ1) is 12.5. The van der Waals surface area contributed by atoms with Gasteiger partial charge in [0, 0.05) is 10.0 Å². The van der Waals surface area contributed by atoms with Gasteiger partial charge in [0.2, 0.25) is 5.16 Å². The Morgan fingerprint density at radius 2 is 1.85 bits per heavy atom. The van der Waals surface area contributed by atoms with Gasteiger partial charge in [0.15, 0.2) is 5.78 Å². The number of hydrogen-bond donors (Lipinski definition) is 2. The van der Waals surface area contributed by atoms with E-state index in [0.29, 0.717) is 10.7 Å². The zero-order valence-corrected chi connectivity index (χ0v) is 16.2. The van der Waals surface area contributed by atoms with Crippen LogP contribution in [0.25, 0.3) is 0 Å². The summed E-state index contributed by atoms with van der Waals surface area (Å²) in [5.41, 5.74) is 4.90. The number of aromatic nitrogens is 3. The molecule has 2 N–H and O–H groups in total. The number of ketones is 1. The lowest BCUT2D eigenvalue weighted by Crippen LogP contribution is -2.39. The number of nitrogens with one attached hydrogen (secondary N) is 1. The number of phenols is 1. The van der Waals surface area contributed by atoms with Crippen molar-refractivity contribution in [2.75, 3.05) is 5.43 Å². The number of hydrogen-bond acceptors (Lipinski definition) is 6. The fourth-order valence-corrected chi connectivity index (χ4v) is 4.34. The van der Waals surface area contributed by atoms with Crippen molar-refractivity contribution in [1.82, 2.24) is 14.9 Å². The average Bonchev–Trinajstić information content (AvgIpc) is 3.02. The molecular formula is C18H15BrN4O2S. The van der Waals surface area contributed by atoms with Gasteiger partial charge >= 0.3 is 0 Å². The Morgan fingerprint density at radius 1 is 1.15 bits per heavy atom. The molecule has 2 atom stereocenters. The Bertz CT molecular complexity index is 956. The monoisotopic (exact) mass is 430 g/mol. The van der Waals surface area contributed by atoms with Crippen LogP contribution in [0.15, 0.2) is 58.2 Å². The maximum absolute atomic E-state index is 13.2. The summed E-state index contributed by atoms with van der Waals surface area (Å²) < 4.78 is 2.72. The summed E-state index contributed by atoms with van der Waals surface area (Å²) in [4.78, 5) is 13.2. The van der Waals surface area contributed by atoms with Crippen molar-refractivity contribution in [1.29, 1.82) is 0 Å². The minimum atomic E-state index is -0.406. The van der Waals surface area contributed by atoms with E-state index in [0.717, 1.165) is 15.9 Å². The molecule has 0 bridgehead atoms. The molecule has 1 aliphatic rings. The summed E-state index contributed by atoms with van der Waals surface area (Å²) in [6.45, 7) is 1.86. The van der Waals surface area contributed by atoms with Gasteiger partial charge in [-0.1, -0.05) is 52.0 Å². The quantitative estimate of drug-likeness (QED) is 0.616. The van der Waals surface area contributed by atoms with E-state index in [9.17, 15) is 9.90 Å². The van der Waals surface area contributed by atoms with Crippen LogP contribution in [0.4, 0.5) is 0 Å². The number of benzene rings is 2. The molecule has 26 heavy (non-hydrogen) atoms. The summed E-state index contributed by atoms with van der Waals surface area (Å²) in [6, 6.07) is 13.9. The smallest absolute Gasteiger partial charge is 0.210 e. The first-order valence-electron chi connectivity index (χ1n) is 7.97. The van der Waals surface area contributed by atoms with Crippen LogP contribution in [0.1, 0.15) is 27.8 Å². The summed E-state index contributed by atoms with van der Waals surface area (Å²) in [5, 5.41) is 18.1. The second-order valence-corrected chi connectivity index (χ2v) is 8.00. The number of Topliss-reactive ketones (excluding diaryl/α,β-unsaturated/α-hetero) is 1. The molecule has 2 heterocycles. The van der Waals surface area contributed by atoms with Crippen molar-refractivity contribution in [3.05, 3.63) is 70.0 Å². The minimum Gasteiger partial charge on any atom is -0.508 e. The molecule has 0 fully saturated rings. The number of nitrogens with zero attached hydrogens (tertiary/aromatic N) is 3. The number of phenolic OH excluding ortho intramolecular Hbond substituents is 1. The Hall–Kier alpha value is -2.32. The first kappa shape index (κ1) is 17.1. The van der Waals surface area contributed by atoms with Crippen LogP contribution >= 0.6 is 27.7 Å². The van der Waals surface area contributed by atoms with Crippen LogP contribution in [0, 0.1) is 6.92 Å². The molecule has 0 radical (unpaired) electrons. The summed E-state index contributed by atoms with van der Waals surface area (Å²) in [5.74, 6) is 0.931. The third-order valence-corrected chi connectivity index (χ3v) is 5.98. The number of aromatic hydroxyl groups is 1. The lowest BCUT2D eigenvalue weighted by molar-refractivity contribution is 0.0980. The molecule has 0 amide bonds. The van der Waals surface area contributed by atoms with E-state index in [4.69, 9.17) is 0 Å². The third-order valence-electron chi connectivity index (χ3n) is 4.24. The van der Waals surface area contributed by atoms with Gasteiger partial charge in [0.1, 0.15) is 16.8 Å². The predicted molar refractivity (Wildman–Crippen MR) is 103 cm³/mol. The predicted octanol–water partition coefficient (Wildman–Crippen LogP) is 3.70. The number of thioether (sulfide) groups is 1. The van der Waals surface area contributed by atoms with Crippen LogP contribution in [0.3, 0.4) is 0 Å². The molecule has 0 aliphatic carbocycles. The Morgan fingerprint density at radius 3 is 2.54 bits per heavy atom. The standard InChI is InChI=1S/C18H15BrN4O2S/c1-10-20-21-18-23(10)22-15(11-4-8-14(24)9-5-11)17(26-18)16(25)12-2-6-13(19)7-3-12/h2-9,15,17,22,24H,1H3/t15-,17+/m0/s1. The van der Waals surface area contributed by atoms with Gasteiger partial charge in [0.05, 0.1) is 6.04 Å². The molecular weight excluding hydrogens is 416 g/mol. The van der Waals surface area contributed by atoms with E-state index in [1.807, 2.05) is 43.3 Å². The first-order valence-corrected chi connectivity index (χ1v) is 9.64. The average molecular weight is 431 g/mol. The van der Waals surface area contributed by atoms with E-state index < -0.39 is 5.25 Å². The van der Waals surface area contributed by atoms with Crippen molar-refractivity contribution >= 4 is 33.5 Å². The zero-order valence-electron chi connectivity index (χ0n) is 13.8. The maximum Gasteiger partial charge on any atom is 0.210 e. The maximum atomic E-state index is 13.2. The van der Waals surface area contributed by atoms with Crippen LogP contribution in [0.5, 0.6) is 5.75 Å². The molecule has 4 rings (SSSR count). The molecule has 0 saturated carbocycles. The molecule has 132 valence electrons. The number of fused-ring (bicyclic) bond motifs is 1. The summed E-state index contributed by atoms with van der Waals surface area (Å²) in [7, 11) is 0. The highest BCUT2D eigenvalue weighted by atomic mass is 79.9. The van der Waals surface area contributed by atoms with E-state index in [1.165, 1.54) is 11.8 Å². The number of carbonyl (C=O) groups is 1. The molecule has 1 aromatic heterocycles. The number of aryl methyl sites for hydroxylation is 1. The van der Waals surface area contributed by atoms with Gasteiger partial charge in [-0.15, -0.1) is 10.2 Å². The van der Waals surface area contributed by atoms with Gasteiger partial charge < -0.3 is 10.5 Å². The Balaban J connectivity index is 1.74. The van der Waals surface area contributed by atoms with Gasteiger partial charge in [-0.3, -0.25) is 4.79 Å². The summed E-state index contributed by atoms with van der Waals surface area (Å²) >= 11 is 4.79. The van der Waals surface area contributed by atoms with E-state index in [-0.39, 0.29) is 17.6 Å². The number of carbonyl (C=O) groups excluding carboxylic acids is 1. The van der Waals surface area contributed by atoms with Crippen molar-refractivity contribution in [3.8, 4) is 5.75 Å². The van der Waals surface area contributed by atoms with Gasteiger partial charge in [-0.2, -0.15) is 0 Å². The molecule has 3 aromatic rings. The second kappa shape index (κ2) is 6.77. The van der Waals surface area contributed by atoms with Gasteiger partial charge in [0.25, 0.3) is 0 Å². The molecule has 8 heteroatoms. The lowest BCUT2D eigenvalue weighted by Gasteiger charge is -2.32. The van der Waals surface area contributed by atoms with Crippen LogP contribution < -0.4 is 5.43 Å². The minimum absolute atomic E-state index is 0.0139. The molecule has 0 saturated heterocycles. The second-order valence-electron chi connectivity index (χ2n) is 5.97. The fourth-order valence-electron chi connectivity index (χ4n) is 2.87. The topological polar surface area (TPSA) is 80.0 Å². The summed E-state index contributed by atoms with van der Waals surface area (Å²) in [6.07, 6.45) is 0. The normalized spacial score (nSPS) is 18.8.